The number of hydrogen-bond donors (Lipinski definition) is 2. The fourth-order valence-corrected chi connectivity index (χ4v) is 1.87. The minimum atomic E-state index is -0.460. The quantitative estimate of drug-likeness (QED) is 0.845. The fourth-order valence-electron chi connectivity index (χ4n) is 1.87. The van der Waals surface area contributed by atoms with Crippen LogP contribution in [-0.2, 0) is 18.3 Å². The van der Waals surface area contributed by atoms with E-state index in [1.165, 1.54) is 16.7 Å². The lowest BCUT2D eigenvalue weighted by Crippen LogP contribution is -2.31. The molecule has 0 fully saturated rings. The Morgan fingerprint density at radius 1 is 1.22 bits per heavy atom. The first-order valence-corrected chi connectivity index (χ1v) is 6.49. The second-order valence-corrected chi connectivity index (χ2v) is 5.68. The van der Waals surface area contributed by atoms with Crippen LogP contribution in [0, 0.1) is 0 Å². The van der Waals surface area contributed by atoms with Crippen LogP contribution in [0.4, 0.5) is 4.79 Å². The lowest BCUT2D eigenvalue weighted by Gasteiger charge is -2.21. The van der Waals surface area contributed by atoms with Crippen LogP contribution < -0.4 is 11.1 Å². The Hall–Kier alpha value is -1.51. The van der Waals surface area contributed by atoms with Gasteiger partial charge in [0.05, 0.1) is 0 Å². The number of amides is 2. The number of nitrogens with one attached hydrogen (secondary N) is 1. The minimum absolute atomic E-state index is 0.150. The van der Waals surface area contributed by atoms with Gasteiger partial charge >= 0.3 is 6.03 Å². The molecule has 0 atom stereocenters. The van der Waals surface area contributed by atoms with Crippen molar-refractivity contribution in [2.75, 3.05) is 6.54 Å². The highest BCUT2D eigenvalue weighted by Crippen LogP contribution is 2.25. The molecule has 1 rings (SSSR count). The third-order valence-corrected chi connectivity index (χ3v) is 3.04. The van der Waals surface area contributed by atoms with Gasteiger partial charge < -0.3 is 11.1 Å². The molecule has 0 heterocycles. The zero-order valence-corrected chi connectivity index (χ0v) is 11.8. The van der Waals surface area contributed by atoms with Gasteiger partial charge in [-0.15, -0.1) is 0 Å². The van der Waals surface area contributed by atoms with Crippen molar-refractivity contribution < 1.29 is 4.79 Å². The third kappa shape index (κ3) is 4.40. The molecule has 0 aliphatic carbocycles. The number of benzene rings is 1. The molecular weight excluding hydrogens is 224 g/mol. The number of rotatable bonds is 4. The molecule has 100 valence electrons. The van der Waals surface area contributed by atoms with Gasteiger partial charge in [-0.3, -0.25) is 0 Å². The van der Waals surface area contributed by atoms with Crippen molar-refractivity contribution in [1.29, 1.82) is 0 Å². The van der Waals surface area contributed by atoms with Crippen LogP contribution in [0.2, 0.25) is 0 Å². The zero-order valence-electron chi connectivity index (χ0n) is 11.8. The summed E-state index contributed by atoms with van der Waals surface area (Å²) in [6.45, 7) is 9.40. The van der Waals surface area contributed by atoms with Gasteiger partial charge in [0.15, 0.2) is 0 Å². The number of carbonyl (C=O) groups is 1. The number of carbonyl (C=O) groups excluding carboxylic acids is 1. The van der Waals surface area contributed by atoms with Crippen LogP contribution >= 0.6 is 0 Å². The van der Waals surface area contributed by atoms with Crippen molar-refractivity contribution in [1.82, 2.24) is 5.32 Å². The van der Waals surface area contributed by atoms with Crippen molar-refractivity contribution >= 4 is 6.03 Å². The normalized spacial score (nSPS) is 11.3. The molecule has 1 aromatic carbocycles. The Kier molecular flexibility index (Phi) is 4.76. The van der Waals surface area contributed by atoms with E-state index >= 15 is 0 Å². The molecule has 18 heavy (non-hydrogen) atoms. The van der Waals surface area contributed by atoms with Crippen molar-refractivity contribution in [2.24, 2.45) is 5.73 Å². The SMILES string of the molecule is CCc1cc(CCNC(N)=O)cc(C(C)(C)C)c1. The van der Waals surface area contributed by atoms with E-state index in [0.29, 0.717) is 6.54 Å². The van der Waals surface area contributed by atoms with Crippen LogP contribution in [0.15, 0.2) is 18.2 Å². The summed E-state index contributed by atoms with van der Waals surface area (Å²) in [6.07, 6.45) is 1.85. The molecule has 0 unspecified atom stereocenters. The van der Waals surface area contributed by atoms with Gasteiger partial charge in [0.1, 0.15) is 0 Å². The van der Waals surface area contributed by atoms with Crippen LogP contribution in [0.1, 0.15) is 44.4 Å². The van der Waals surface area contributed by atoms with E-state index in [1.807, 2.05) is 0 Å². The Bertz CT molecular complexity index is 419. The maximum absolute atomic E-state index is 10.6. The highest BCUT2D eigenvalue weighted by molar-refractivity contribution is 5.71. The second kappa shape index (κ2) is 5.89. The standard InChI is InChI=1S/C15H24N2O/c1-5-11-8-12(6-7-17-14(16)18)10-13(9-11)15(2,3)4/h8-10H,5-7H2,1-4H3,(H3,16,17,18). The molecule has 3 heteroatoms. The van der Waals surface area contributed by atoms with Gasteiger partial charge in [0.25, 0.3) is 0 Å². The Morgan fingerprint density at radius 2 is 1.83 bits per heavy atom. The van der Waals surface area contributed by atoms with E-state index in [2.05, 4.69) is 51.2 Å². The first-order valence-electron chi connectivity index (χ1n) is 6.49. The molecule has 1 aromatic rings. The van der Waals surface area contributed by atoms with Gasteiger partial charge in [-0.1, -0.05) is 45.9 Å². The first kappa shape index (κ1) is 14.6. The molecule has 0 spiro atoms. The molecule has 0 bridgehead atoms. The Balaban J connectivity index is 2.87. The summed E-state index contributed by atoms with van der Waals surface area (Å²) in [4.78, 5) is 10.6. The smallest absolute Gasteiger partial charge is 0.312 e. The van der Waals surface area contributed by atoms with E-state index in [1.54, 1.807) is 0 Å². The summed E-state index contributed by atoms with van der Waals surface area (Å²) >= 11 is 0. The molecule has 3 nitrogen and oxygen atoms in total. The second-order valence-electron chi connectivity index (χ2n) is 5.68. The first-order chi connectivity index (χ1) is 8.32. The number of primary amides is 1. The Morgan fingerprint density at radius 3 is 2.33 bits per heavy atom. The molecule has 2 amide bonds. The molecule has 0 radical (unpaired) electrons. The summed E-state index contributed by atoms with van der Waals surface area (Å²) in [5, 5.41) is 2.63. The van der Waals surface area contributed by atoms with Crippen molar-refractivity contribution in [3.8, 4) is 0 Å². The number of urea groups is 1. The van der Waals surface area contributed by atoms with Gasteiger partial charge in [-0.25, -0.2) is 4.79 Å². The van der Waals surface area contributed by atoms with Crippen LogP contribution in [-0.4, -0.2) is 12.6 Å². The third-order valence-electron chi connectivity index (χ3n) is 3.04. The lowest BCUT2D eigenvalue weighted by atomic mass is 9.84. The summed E-state index contributed by atoms with van der Waals surface area (Å²) in [5.74, 6) is 0. The van der Waals surface area contributed by atoms with E-state index in [-0.39, 0.29) is 5.41 Å². The maximum Gasteiger partial charge on any atom is 0.312 e. The highest BCUT2D eigenvalue weighted by Gasteiger charge is 2.14. The highest BCUT2D eigenvalue weighted by atomic mass is 16.2. The predicted octanol–water partition coefficient (Wildman–Crippen LogP) is 2.76. The molecule has 0 aromatic heterocycles. The predicted molar refractivity (Wildman–Crippen MR) is 75.8 cm³/mol. The number of aryl methyl sites for hydroxylation is 1. The van der Waals surface area contributed by atoms with Crippen molar-refractivity contribution in [3.63, 3.8) is 0 Å². The molecule has 3 N–H and O–H groups in total. The van der Waals surface area contributed by atoms with E-state index in [9.17, 15) is 4.79 Å². The summed E-state index contributed by atoms with van der Waals surface area (Å²) in [5.41, 5.74) is 9.16. The molecule has 0 aliphatic heterocycles. The average Bonchev–Trinajstić information content (AvgIpc) is 2.27. The van der Waals surface area contributed by atoms with Crippen molar-refractivity contribution in [2.45, 2.75) is 46.0 Å². The largest absolute Gasteiger partial charge is 0.352 e. The minimum Gasteiger partial charge on any atom is -0.352 e. The van der Waals surface area contributed by atoms with Gasteiger partial charge in [-0.2, -0.15) is 0 Å². The number of nitrogens with two attached hydrogens (primary N) is 1. The van der Waals surface area contributed by atoms with Gasteiger partial charge in [-0.05, 0) is 34.9 Å². The number of hydrogen-bond acceptors (Lipinski definition) is 1. The van der Waals surface area contributed by atoms with Crippen LogP contribution in [0.25, 0.3) is 0 Å². The Labute approximate surface area is 110 Å². The van der Waals surface area contributed by atoms with E-state index in [4.69, 9.17) is 5.73 Å². The van der Waals surface area contributed by atoms with Crippen LogP contribution in [0.5, 0.6) is 0 Å². The van der Waals surface area contributed by atoms with Crippen molar-refractivity contribution in [3.05, 3.63) is 34.9 Å². The lowest BCUT2D eigenvalue weighted by molar-refractivity contribution is 0.249. The summed E-state index contributed by atoms with van der Waals surface area (Å²) < 4.78 is 0. The molecular formula is C15H24N2O. The average molecular weight is 248 g/mol. The summed E-state index contributed by atoms with van der Waals surface area (Å²) in [6, 6.07) is 6.24. The maximum atomic E-state index is 10.6. The molecule has 0 aliphatic rings. The van der Waals surface area contributed by atoms with E-state index < -0.39 is 6.03 Å². The fraction of sp³-hybridized carbons (Fsp3) is 0.533. The molecule has 0 saturated carbocycles. The summed E-state index contributed by atoms with van der Waals surface area (Å²) in [7, 11) is 0. The molecule has 0 saturated heterocycles. The topological polar surface area (TPSA) is 55.1 Å². The van der Waals surface area contributed by atoms with E-state index in [0.717, 1.165) is 12.8 Å². The van der Waals surface area contributed by atoms with Gasteiger partial charge in [0.2, 0.25) is 0 Å². The zero-order chi connectivity index (χ0) is 13.8. The van der Waals surface area contributed by atoms with Gasteiger partial charge in [0, 0.05) is 6.54 Å². The monoisotopic (exact) mass is 248 g/mol. The van der Waals surface area contributed by atoms with Crippen LogP contribution in [0.3, 0.4) is 0 Å².